The fourth-order valence-electron chi connectivity index (χ4n) is 11.4. The van der Waals surface area contributed by atoms with Crippen LogP contribution in [0.1, 0.15) is 123 Å². The zero-order chi connectivity index (χ0) is 54.5. The quantitative estimate of drug-likeness (QED) is 0.125. The van der Waals surface area contributed by atoms with Gasteiger partial charge in [-0.05, 0) is 121 Å². The smallest absolute Gasteiger partial charge is 0.416 e. The number of fused-ring (bicyclic) bond motifs is 2. The summed E-state index contributed by atoms with van der Waals surface area (Å²) in [6, 6.07) is 27.0. The summed E-state index contributed by atoms with van der Waals surface area (Å²) >= 11 is 1.15. The number of piperidine rings is 3. The average molecular weight is 1100 g/mol. The first-order valence-corrected chi connectivity index (χ1v) is 26.4. The number of thiazole rings is 1. The van der Waals surface area contributed by atoms with Gasteiger partial charge < -0.3 is 14.7 Å². The number of nitrogens with zero attached hydrogens (tertiary/aromatic N) is 9. The molecule has 0 radical (unpaired) electrons. The molecular formula is C56H50F9N9O3S. The molecule has 4 aromatic carbocycles. The predicted octanol–water partition coefficient (Wildman–Crippen LogP) is 12.7. The largest absolute Gasteiger partial charge is 0.451 e. The standard InChI is InChI=1S/C56H50F9N9O3S/c57-54(58,59)41-9-3-1-6-37(41)33-18-25-71(26-19-33)51(75)44-15-17-48(69-68-44)77-53(45-14-16-47-66-24-31-74(47)70-45)73-29-22-35(23-30-73)40-32-36(12-13-43(40)56(63,64)65)39-8-5-11-46-49(39)67-50(78-46)52(76)72-27-20-34(21-28-72)38-7-2-4-10-42(38)55(60,61)62/h1-17,24,31-35,51,53,75H,18-23,25-30H2. The molecule has 11 rings (SSSR count). The van der Waals surface area contributed by atoms with Crippen LogP contribution in [-0.4, -0.2) is 94.8 Å². The van der Waals surface area contributed by atoms with Gasteiger partial charge in [0.25, 0.3) is 5.91 Å². The SMILES string of the molecule is O=C(c1nc2c(-c3ccc(C(F)(F)F)c(C4CCN(C(Oc5ccc(C(O)N6CCC(c7ccccc7C(F)(F)F)CC6)nn5)c5ccc6nccn6n5)CC4)c3)cccc2s1)N1CCC(c2ccccc2C(F)(F)F)CC1. The minimum Gasteiger partial charge on any atom is -0.451 e. The Labute approximate surface area is 445 Å². The number of para-hydroxylation sites is 1. The highest BCUT2D eigenvalue weighted by atomic mass is 32.1. The molecule has 0 aliphatic carbocycles. The number of benzene rings is 4. The molecule has 4 aromatic heterocycles. The van der Waals surface area contributed by atoms with Crippen LogP contribution in [0.25, 0.3) is 27.0 Å². The van der Waals surface area contributed by atoms with Crippen molar-refractivity contribution in [2.24, 2.45) is 0 Å². The highest BCUT2D eigenvalue weighted by Crippen LogP contribution is 2.45. The average Bonchev–Trinajstić information content (AvgIpc) is 4.12. The van der Waals surface area contributed by atoms with E-state index in [9.17, 15) is 49.4 Å². The molecule has 8 aromatic rings. The van der Waals surface area contributed by atoms with E-state index in [0.29, 0.717) is 84.3 Å². The van der Waals surface area contributed by atoms with Gasteiger partial charge in [-0.3, -0.25) is 14.6 Å². The Balaban J connectivity index is 0.788. The number of halogens is 9. The number of rotatable bonds is 11. The van der Waals surface area contributed by atoms with Crippen molar-refractivity contribution >= 4 is 33.1 Å². The van der Waals surface area contributed by atoms with E-state index < -0.39 is 53.6 Å². The number of aliphatic hydroxyl groups is 1. The number of hydrogen-bond donors (Lipinski definition) is 1. The Hall–Kier alpha value is -7.01. The maximum absolute atomic E-state index is 14.9. The lowest BCUT2D eigenvalue weighted by Crippen LogP contribution is -2.39. The van der Waals surface area contributed by atoms with Crippen molar-refractivity contribution in [1.82, 2.24) is 44.5 Å². The van der Waals surface area contributed by atoms with Crippen LogP contribution < -0.4 is 4.74 Å². The molecule has 3 aliphatic rings. The third kappa shape index (κ3) is 10.9. The van der Waals surface area contributed by atoms with Gasteiger partial charge in [0.2, 0.25) is 5.88 Å². The van der Waals surface area contributed by atoms with E-state index >= 15 is 0 Å². The van der Waals surface area contributed by atoms with Gasteiger partial charge in [-0.1, -0.05) is 60.7 Å². The highest BCUT2D eigenvalue weighted by molar-refractivity contribution is 7.20. The molecule has 7 heterocycles. The molecule has 22 heteroatoms. The van der Waals surface area contributed by atoms with Crippen LogP contribution >= 0.6 is 11.3 Å². The molecular weight excluding hydrogens is 1050 g/mol. The Bertz CT molecular complexity index is 3430. The molecule has 0 bridgehead atoms. The molecule has 3 saturated heterocycles. The van der Waals surface area contributed by atoms with E-state index in [1.165, 1.54) is 30.3 Å². The van der Waals surface area contributed by atoms with Crippen LogP contribution in [0.5, 0.6) is 5.88 Å². The Morgan fingerprint density at radius 1 is 0.615 bits per heavy atom. The molecule has 1 N–H and O–H groups in total. The van der Waals surface area contributed by atoms with E-state index in [1.54, 1.807) is 87.4 Å². The lowest BCUT2D eigenvalue weighted by atomic mass is 9.84. The van der Waals surface area contributed by atoms with Crippen LogP contribution in [0, 0.1) is 0 Å². The van der Waals surface area contributed by atoms with E-state index in [0.717, 1.165) is 29.5 Å². The van der Waals surface area contributed by atoms with Crippen LogP contribution in [-0.2, 0) is 18.5 Å². The summed E-state index contributed by atoms with van der Waals surface area (Å²) in [5, 5.41) is 24.8. The number of likely N-dealkylation sites (tertiary alicyclic amines) is 3. The second-order valence-electron chi connectivity index (χ2n) is 20.0. The van der Waals surface area contributed by atoms with Gasteiger partial charge in [-0.25, -0.2) is 14.5 Å². The Morgan fingerprint density at radius 3 is 1.81 bits per heavy atom. The molecule has 3 fully saturated rings. The second-order valence-corrected chi connectivity index (χ2v) is 21.0. The Kier molecular flexibility index (Phi) is 14.5. The summed E-state index contributed by atoms with van der Waals surface area (Å²) in [5.74, 6) is -1.53. The van der Waals surface area contributed by atoms with Crippen molar-refractivity contribution < 1.29 is 54.2 Å². The van der Waals surface area contributed by atoms with Gasteiger partial charge in [-0.15, -0.1) is 21.5 Å². The molecule has 2 atom stereocenters. The number of aliphatic hydroxyl groups excluding tert-OH is 1. The zero-order valence-corrected chi connectivity index (χ0v) is 42.3. The zero-order valence-electron chi connectivity index (χ0n) is 41.5. The van der Waals surface area contributed by atoms with E-state index in [2.05, 4.69) is 15.2 Å². The van der Waals surface area contributed by atoms with Crippen LogP contribution in [0.2, 0.25) is 0 Å². The van der Waals surface area contributed by atoms with Gasteiger partial charge >= 0.3 is 18.5 Å². The number of amides is 1. The van der Waals surface area contributed by atoms with Crippen LogP contribution in [0.4, 0.5) is 39.5 Å². The maximum atomic E-state index is 14.9. The minimum absolute atomic E-state index is 0.0804. The topological polar surface area (TPSA) is 125 Å². The Morgan fingerprint density at radius 2 is 1.19 bits per heavy atom. The lowest BCUT2D eigenvalue weighted by Gasteiger charge is -2.37. The summed E-state index contributed by atoms with van der Waals surface area (Å²) in [5.41, 5.74) is 1.20. The number of carbonyl (C=O) groups excluding carboxylic acids is 1. The number of aromatic nitrogens is 6. The van der Waals surface area contributed by atoms with Crippen molar-refractivity contribution in [2.45, 2.75) is 87.3 Å². The molecule has 12 nitrogen and oxygen atoms in total. The monoisotopic (exact) mass is 1100 g/mol. The van der Waals surface area contributed by atoms with Crippen molar-refractivity contribution in [2.75, 3.05) is 39.3 Å². The van der Waals surface area contributed by atoms with Gasteiger partial charge in [0.15, 0.2) is 23.1 Å². The van der Waals surface area contributed by atoms with Gasteiger partial charge in [0.1, 0.15) is 11.4 Å². The molecule has 1 amide bonds. The van der Waals surface area contributed by atoms with E-state index in [4.69, 9.17) is 14.8 Å². The van der Waals surface area contributed by atoms with E-state index in [-0.39, 0.29) is 77.2 Å². The number of hydrogen-bond acceptors (Lipinski definition) is 11. The number of carbonyl (C=O) groups is 1. The third-order valence-electron chi connectivity index (χ3n) is 15.3. The molecule has 2 unspecified atom stereocenters. The predicted molar refractivity (Wildman–Crippen MR) is 271 cm³/mol. The fraction of sp³-hybridized carbons (Fsp3) is 0.357. The summed E-state index contributed by atoms with van der Waals surface area (Å²) in [6.07, 6.45) is -10.4. The third-order valence-corrected chi connectivity index (χ3v) is 16.3. The summed E-state index contributed by atoms with van der Waals surface area (Å²) < 4.78 is 136. The highest BCUT2D eigenvalue weighted by Gasteiger charge is 2.40. The lowest BCUT2D eigenvalue weighted by molar-refractivity contribution is -0.139. The van der Waals surface area contributed by atoms with Gasteiger partial charge in [0, 0.05) is 63.3 Å². The van der Waals surface area contributed by atoms with E-state index in [1.807, 2.05) is 4.90 Å². The summed E-state index contributed by atoms with van der Waals surface area (Å²) in [6.45, 7) is 1.67. The molecule has 3 aliphatic heterocycles. The fourth-order valence-corrected chi connectivity index (χ4v) is 12.3. The summed E-state index contributed by atoms with van der Waals surface area (Å²) in [7, 11) is 0. The van der Waals surface area contributed by atoms with Crippen molar-refractivity contribution in [1.29, 1.82) is 0 Å². The van der Waals surface area contributed by atoms with Crippen molar-refractivity contribution in [3.05, 3.63) is 171 Å². The molecule has 0 spiro atoms. The first kappa shape index (κ1) is 53.0. The maximum Gasteiger partial charge on any atom is 0.416 e. The van der Waals surface area contributed by atoms with Crippen molar-refractivity contribution in [3.63, 3.8) is 0 Å². The minimum atomic E-state index is -4.67. The second kappa shape index (κ2) is 21.3. The van der Waals surface area contributed by atoms with Gasteiger partial charge in [0.05, 0.1) is 26.9 Å². The van der Waals surface area contributed by atoms with Crippen LogP contribution in [0.3, 0.4) is 0 Å². The van der Waals surface area contributed by atoms with Crippen LogP contribution in [0.15, 0.2) is 122 Å². The molecule has 406 valence electrons. The van der Waals surface area contributed by atoms with Gasteiger partial charge in [-0.2, -0.15) is 44.6 Å². The number of ether oxygens (including phenoxy) is 1. The molecule has 78 heavy (non-hydrogen) atoms. The summed E-state index contributed by atoms with van der Waals surface area (Å²) in [4.78, 5) is 28.2. The normalized spacial score (nSPS) is 17.9. The number of alkyl halides is 9. The van der Waals surface area contributed by atoms with Crippen molar-refractivity contribution in [3.8, 4) is 17.0 Å². The first-order valence-electron chi connectivity index (χ1n) is 25.6. The number of imidazole rings is 1. The first-order chi connectivity index (χ1) is 37.4. The molecule has 0 saturated carbocycles.